The first-order valence-corrected chi connectivity index (χ1v) is 12.7. The molecule has 202 valence electrons. The number of nitrogens with one attached hydrogen (secondary N) is 1. The van der Waals surface area contributed by atoms with E-state index in [0.717, 1.165) is 11.1 Å². The maximum Gasteiger partial charge on any atom is 0.308 e. The predicted molar refractivity (Wildman–Crippen MR) is 143 cm³/mol. The molecule has 0 aliphatic rings. The zero-order valence-electron chi connectivity index (χ0n) is 22.6. The summed E-state index contributed by atoms with van der Waals surface area (Å²) in [5, 5.41) is 14.0. The maximum atomic E-state index is 12.8. The number of ether oxygens (including phenoxy) is 4. The van der Waals surface area contributed by atoms with E-state index in [1.165, 1.54) is 0 Å². The minimum atomic E-state index is -0.629. The molecule has 0 aliphatic heterocycles. The summed E-state index contributed by atoms with van der Waals surface area (Å²) in [7, 11) is 1.60. The average molecular weight is 524 g/mol. The number of rotatable bonds is 13. The third-order valence-electron chi connectivity index (χ3n) is 4.94. The number of hydrogen-bond donors (Lipinski definition) is 2. The molecule has 0 fully saturated rings. The Morgan fingerprint density at radius 1 is 1.08 bits per heavy atom. The molecule has 0 saturated heterocycles. The molecule has 2 N–H and O–H groups in total. The Morgan fingerprint density at radius 2 is 1.75 bits per heavy atom. The smallest absolute Gasteiger partial charge is 0.308 e. The van der Waals surface area contributed by atoms with E-state index in [4.69, 9.17) is 30.5 Å². The van der Waals surface area contributed by atoms with Crippen LogP contribution in [-0.2, 0) is 19.0 Å². The standard InChI is InChI=1S/C26H36ClNO6.C2H6/c1-18-13-20(27)14-21(25(18)33-17-32-12-11-31-5)22(15-24(30)34-26(2,3)4)28-23(16-29)19-9-7-6-8-10-19;1-2/h6-10,13-14,22-23,28-29H,11-12,15-17H2,1-5H3;1-2H3/t22-,23?;/m1./s1. The van der Waals surface area contributed by atoms with Crippen LogP contribution in [0.2, 0.25) is 5.02 Å². The number of hydrogen-bond acceptors (Lipinski definition) is 7. The Labute approximate surface area is 221 Å². The van der Waals surface area contributed by atoms with E-state index in [-0.39, 0.29) is 25.8 Å². The van der Waals surface area contributed by atoms with Crippen LogP contribution in [0, 0.1) is 6.92 Å². The molecule has 2 rings (SSSR count). The fraction of sp³-hybridized carbons (Fsp3) is 0.536. The third-order valence-corrected chi connectivity index (χ3v) is 5.16. The zero-order valence-corrected chi connectivity index (χ0v) is 23.4. The van der Waals surface area contributed by atoms with Crippen LogP contribution in [0.5, 0.6) is 5.75 Å². The molecule has 0 aromatic heterocycles. The summed E-state index contributed by atoms with van der Waals surface area (Å²) < 4.78 is 22.0. The quantitative estimate of drug-likeness (QED) is 0.196. The second-order valence-corrected chi connectivity index (χ2v) is 9.40. The molecular formula is C28H42ClNO6. The number of methoxy groups -OCH3 is 1. The zero-order chi connectivity index (χ0) is 27.1. The molecular weight excluding hydrogens is 482 g/mol. The lowest BCUT2D eigenvalue weighted by atomic mass is 9.97. The number of aliphatic hydroxyl groups is 1. The molecule has 0 heterocycles. The SMILES string of the molecule is CC.COCCOCOc1c(C)cc(Cl)cc1[C@@H](CC(=O)OC(C)(C)C)NC(CO)c1ccccc1. The molecule has 2 atom stereocenters. The number of halogens is 1. The summed E-state index contributed by atoms with van der Waals surface area (Å²) >= 11 is 6.40. The van der Waals surface area contributed by atoms with Crippen LogP contribution in [0.25, 0.3) is 0 Å². The number of carbonyl (C=O) groups excluding carboxylic acids is 1. The second kappa shape index (κ2) is 16.6. The van der Waals surface area contributed by atoms with Crippen LogP contribution < -0.4 is 10.1 Å². The molecule has 1 unspecified atom stereocenters. The highest BCUT2D eigenvalue weighted by Crippen LogP contribution is 2.35. The van der Waals surface area contributed by atoms with Crippen molar-refractivity contribution >= 4 is 17.6 Å². The summed E-state index contributed by atoms with van der Waals surface area (Å²) in [6.45, 7) is 12.0. The van der Waals surface area contributed by atoms with Gasteiger partial charge in [0.15, 0.2) is 6.79 Å². The number of benzene rings is 2. The third kappa shape index (κ3) is 11.3. The van der Waals surface area contributed by atoms with Gasteiger partial charge in [0, 0.05) is 23.7 Å². The van der Waals surface area contributed by atoms with Gasteiger partial charge in [0.2, 0.25) is 0 Å². The van der Waals surface area contributed by atoms with Crippen molar-refractivity contribution in [3.8, 4) is 5.75 Å². The van der Waals surface area contributed by atoms with Crippen molar-refractivity contribution < 1.29 is 28.8 Å². The van der Waals surface area contributed by atoms with E-state index in [9.17, 15) is 9.90 Å². The summed E-state index contributed by atoms with van der Waals surface area (Å²) in [4.78, 5) is 12.8. The number of carbonyl (C=O) groups is 1. The summed E-state index contributed by atoms with van der Waals surface area (Å²) in [6.07, 6.45) is 0.0152. The average Bonchev–Trinajstić information content (AvgIpc) is 2.83. The van der Waals surface area contributed by atoms with E-state index < -0.39 is 17.7 Å². The Bertz CT molecular complexity index is 901. The first-order chi connectivity index (χ1) is 17.1. The van der Waals surface area contributed by atoms with E-state index >= 15 is 0 Å². The van der Waals surface area contributed by atoms with Crippen molar-refractivity contribution in [2.24, 2.45) is 0 Å². The van der Waals surface area contributed by atoms with Crippen LogP contribution in [0.3, 0.4) is 0 Å². The van der Waals surface area contributed by atoms with Crippen molar-refractivity contribution in [1.29, 1.82) is 0 Å². The highest BCUT2D eigenvalue weighted by atomic mass is 35.5. The minimum Gasteiger partial charge on any atom is -0.467 e. The molecule has 0 spiro atoms. The van der Waals surface area contributed by atoms with Crippen LogP contribution in [0.4, 0.5) is 0 Å². The minimum absolute atomic E-state index is 0.0140. The highest BCUT2D eigenvalue weighted by molar-refractivity contribution is 6.30. The molecule has 0 bridgehead atoms. The lowest BCUT2D eigenvalue weighted by Crippen LogP contribution is -2.33. The van der Waals surface area contributed by atoms with Crippen LogP contribution in [0.15, 0.2) is 42.5 Å². The Morgan fingerprint density at radius 3 is 2.33 bits per heavy atom. The second-order valence-electron chi connectivity index (χ2n) is 8.96. The van der Waals surface area contributed by atoms with Gasteiger partial charge in [-0.1, -0.05) is 55.8 Å². The lowest BCUT2D eigenvalue weighted by molar-refractivity contribution is -0.155. The van der Waals surface area contributed by atoms with Crippen LogP contribution in [0.1, 0.15) is 69.8 Å². The largest absolute Gasteiger partial charge is 0.467 e. The summed E-state index contributed by atoms with van der Waals surface area (Å²) in [5.74, 6) is 0.183. The van der Waals surface area contributed by atoms with Crippen molar-refractivity contribution in [3.05, 3.63) is 64.2 Å². The fourth-order valence-corrected chi connectivity index (χ4v) is 3.79. The monoisotopic (exact) mass is 523 g/mol. The van der Waals surface area contributed by atoms with E-state index in [1.54, 1.807) is 19.2 Å². The molecule has 0 saturated carbocycles. The fourth-order valence-electron chi connectivity index (χ4n) is 3.50. The van der Waals surface area contributed by atoms with Gasteiger partial charge in [-0.2, -0.15) is 0 Å². The van der Waals surface area contributed by atoms with E-state index in [0.29, 0.717) is 29.5 Å². The number of aliphatic hydroxyl groups excluding tert-OH is 1. The van der Waals surface area contributed by atoms with Gasteiger partial charge in [-0.05, 0) is 51.0 Å². The van der Waals surface area contributed by atoms with Crippen molar-refractivity contribution in [3.63, 3.8) is 0 Å². The molecule has 2 aromatic carbocycles. The van der Waals surface area contributed by atoms with Gasteiger partial charge in [0.05, 0.1) is 32.3 Å². The normalized spacial score (nSPS) is 12.8. The van der Waals surface area contributed by atoms with Crippen molar-refractivity contribution in [2.75, 3.05) is 33.7 Å². The molecule has 0 aliphatic carbocycles. The van der Waals surface area contributed by atoms with E-state index in [1.807, 2.05) is 71.9 Å². The Kier molecular flexibility index (Phi) is 14.7. The highest BCUT2D eigenvalue weighted by Gasteiger charge is 2.27. The molecule has 2 aromatic rings. The lowest BCUT2D eigenvalue weighted by Gasteiger charge is -2.28. The van der Waals surface area contributed by atoms with Gasteiger partial charge in [-0.15, -0.1) is 0 Å². The van der Waals surface area contributed by atoms with Gasteiger partial charge in [-0.25, -0.2) is 0 Å². The van der Waals surface area contributed by atoms with E-state index in [2.05, 4.69) is 5.32 Å². The number of esters is 1. The summed E-state index contributed by atoms with van der Waals surface area (Å²) in [5.41, 5.74) is 1.74. The van der Waals surface area contributed by atoms with Gasteiger partial charge < -0.3 is 29.4 Å². The molecule has 36 heavy (non-hydrogen) atoms. The number of aryl methyl sites for hydroxylation is 1. The van der Waals surface area contributed by atoms with Gasteiger partial charge in [0.25, 0.3) is 0 Å². The molecule has 8 heteroatoms. The first kappa shape index (κ1) is 31.9. The summed E-state index contributed by atoms with van der Waals surface area (Å²) in [6, 6.07) is 12.1. The van der Waals surface area contributed by atoms with Crippen LogP contribution in [-0.4, -0.2) is 50.4 Å². The van der Waals surface area contributed by atoms with Crippen molar-refractivity contribution in [2.45, 2.75) is 65.6 Å². The predicted octanol–water partition coefficient (Wildman–Crippen LogP) is 5.77. The maximum absolute atomic E-state index is 12.8. The van der Waals surface area contributed by atoms with Gasteiger partial charge in [-0.3, -0.25) is 4.79 Å². The van der Waals surface area contributed by atoms with Crippen molar-refractivity contribution in [1.82, 2.24) is 5.32 Å². The van der Waals surface area contributed by atoms with Crippen LogP contribution >= 0.6 is 11.6 Å². The first-order valence-electron chi connectivity index (χ1n) is 12.3. The Hall–Kier alpha value is -2.16. The van der Waals surface area contributed by atoms with Gasteiger partial charge in [0.1, 0.15) is 11.4 Å². The van der Waals surface area contributed by atoms with Gasteiger partial charge >= 0.3 is 5.97 Å². The molecule has 0 amide bonds. The molecule has 7 nitrogen and oxygen atoms in total. The molecule has 0 radical (unpaired) electrons. The Balaban J connectivity index is 0.00000316. The topological polar surface area (TPSA) is 86.3 Å².